The molecule has 5 nitrogen and oxygen atoms in total. The van der Waals surface area contributed by atoms with Gasteiger partial charge in [-0.1, -0.05) is 41.5 Å². The van der Waals surface area contributed by atoms with E-state index in [1.54, 1.807) is 6.92 Å². The highest BCUT2D eigenvalue weighted by atomic mass is 16.5. The fraction of sp³-hybridized carbons (Fsp3) is 0.409. The molecule has 144 valence electrons. The Hall–Kier alpha value is -2.53. The smallest absolute Gasteiger partial charge is 0.330 e. The maximum atomic E-state index is 12.0. The monoisotopic (exact) mass is 368 g/mol. The maximum absolute atomic E-state index is 12.0. The molecule has 1 aromatic rings. The molecule has 0 unspecified atom stereocenters. The molecule has 1 aromatic carbocycles. The van der Waals surface area contributed by atoms with E-state index in [1.807, 2.05) is 6.07 Å². The van der Waals surface area contributed by atoms with Crippen LogP contribution < -0.4 is 0 Å². The molecule has 1 N–H and O–H groups in total. The lowest BCUT2D eigenvalue weighted by Gasteiger charge is -2.30. The van der Waals surface area contributed by atoms with Gasteiger partial charge in [0.25, 0.3) is 0 Å². The zero-order valence-electron chi connectivity index (χ0n) is 16.2. The first-order chi connectivity index (χ1) is 13.0. The number of nitrogens with one attached hydrogen (secondary N) is 1. The van der Waals surface area contributed by atoms with Gasteiger partial charge in [-0.25, -0.2) is 4.79 Å². The van der Waals surface area contributed by atoms with E-state index in [9.17, 15) is 9.59 Å². The van der Waals surface area contributed by atoms with Gasteiger partial charge < -0.3 is 10.1 Å². The molecular formula is C22H28N2O3. The number of hydrogen-bond acceptors (Lipinski definition) is 5. The van der Waals surface area contributed by atoms with Gasteiger partial charge in [-0.15, -0.1) is 0 Å². The number of rotatable bonds is 9. The summed E-state index contributed by atoms with van der Waals surface area (Å²) >= 11 is 0. The molecule has 1 heterocycles. The Morgan fingerprint density at radius 1 is 1.22 bits per heavy atom. The molecular weight excluding hydrogens is 340 g/mol. The zero-order chi connectivity index (χ0) is 19.6. The summed E-state index contributed by atoms with van der Waals surface area (Å²) in [5, 5.41) is 7.97. The SMILES string of the molecule is CCOC(=O)/C=C/C(=O)C(=N)CCC1=C(C)CCN(Cc2ccccc2)C1. The molecule has 0 atom stereocenters. The van der Waals surface area contributed by atoms with Gasteiger partial charge in [0.2, 0.25) is 0 Å². The number of benzene rings is 1. The molecule has 2 rings (SSSR count). The van der Waals surface area contributed by atoms with Gasteiger partial charge >= 0.3 is 5.97 Å². The lowest BCUT2D eigenvalue weighted by Crippen LogP contribution is -2.31. The number of esters is 1. The van der Waals surface area contributed by atoms with Crippen molar-refractivity contribution in [3.8, 4) is 0 Å². The Bertz CT molecular complexity index is 735. The second-order valence-electron chi connectivity index (χ2n) is 6.76. The van der Waals surface area contributed by atoms with E-state index in [-0.39, 0.29) is 12.3 Å². The number of ether oxygens (including phenoxy) is 1. The van der Waals surface area contributed by atoms with Crippen molar-refractivity contribution in [3.63, 3.8) is 0 Å². The van der Waals surface area contributed by atoms with Crippen LogP contribution in [0.5, 0.6) is 0 Å². The van der Waals surface area contributed by atoms with E-state index in [0.29, 0.717) is 12.8 Å². The molecule has 1 aliphatic heterocycles. The molecule has 5 heteroatoms. The largest absolute Gasteiger partial charge is 0.463 e. The van der Waals surface area contributed by atoms with Crippen LogP contribution in [0.4, 0.5) is 0 Å². The average molecular weight is 368 g/mol. The molecule has 0 fully saturated rings. The molecule has 0 spiro atoms. The summed E-state index contributed by atoms with van der Waals surface area (Å²) in [6.45, 7) is 6.93. The van der Waals surface area contributed by atoms with Crippen LogP contribution in [-0.2, 0) is 20.9 Å². The van der Waals surface area contributed by atoms with Gasteiger partial charge in [-0.2, -0.15) is 0 Å². The third-order valence-electron chi connectivity index (χ3n) is 4.70. The van der Waals surface area contributed by atoms with Crippen LogP contribution in [0, 0.1) is 5.41 Å². The second kappa shape index (κ2) is 10.6. The zero-order valence-corrected chi connectivity index (χ0v) is 16.2. The standard InChI is InChI=1S/C22H28N2O3/c1-3-27-22(26)12-11-21(25)20(23)10-9-19-16-24(14-13-17(19)2)15-18-7-5-4-6-8-18/h4-8,11-12,23H,3,9-10,13-16H2,1-2H3/b12-11+,23-20?. The predicted molar refractivity (Wildman–Crippen MR) is 107 cm³/mol. The van der Waals surface area contributed by atoms with Gasteiger partial charge in [0.15, 0.2) is 5.78 Å². The predicted octanol–water partition coefficient (Wildman–Crippen LogP) is 3.70. The van der Waals surface area contributed by atoms with Gasteiger partial charge in [0.1, 0.15) is 0 Å². The summed E-state index contributed by atoms with van der Waals surface area (Å²) in [7, 11) is 0. The number of carbonyl (C=O) groups is 2. The quantitative estimate of drug-likeness (QED) is 0.312. The van der Waals surface area contributed by atoms with Crippen LogP contribution in [0.2, 0.25) is 0 Å². The van der Waals surface area contributed by atoms with Crippen molar-refractivity contribution in [2.24, 2.45) is 0 Å². The van der Waals surface area contributed by atoms with Crippen LogP contribution in [0.3, 0.4) is 0 Å². The fourth-order valence-electron chi connectivity index (χ4n) is 3.09. The number of nitrogens with zero attached hydrogens (tertiary/aromatic N) is 1. The van der Waals surface area contributed by atoms with Gasteiger partial charge in [0, 0.05) is 25.7 Å². The molecule has 0 saturated heterocycles. The number of allylic oxidation sites excluding steroid dienone is 1. The summed E-state index contributed by atoms with van der Waals surface area (Å²) in [6.07, 6.45) is 4.33. The topological polar surface area (TPSA) is 70.5 Å². The number of carbonyl (C=O) groups excluding carboxylic acids is 2. The lowest BCUT2D eigenvalue weighted by molar-refractivity contribution is -0.137. The van der Waals surface area contributed by atoms with E-state index in [1.165, 1.54) is 16.7 Å². The Morgan fingerprint density at radius 3 is 2.67 bits per heavy atom. The molecule has 0 saturated carbocycles. The second-order valence-corrected chi connectivity index (χ2v) is 6.76. The first-order valence-corrected chi connectivity index (χ1v) is 9.40. The Labute approximate surface area is 161 Å². The molecule has 0 amide bonds. The van der Waals surface area contributed by atoms with Crippen molar-refractivity contribution >= 4 is 17.5 Å². The molecule has 0 aromatic heterocycles. The van der Waals surface area contributed by atoms with Gasteiger partial charge in [-0.05, 0) is 44.7 Å². The summed E-state index contributed by atoms with van der Waals surface area (Å²) in [4.78, 5) is 25.6. The minimum atomic E-state index is -0.555. The van der Waals surface area contributed by atoms with E-state index >= 15 is 0 Å². The highest BCUT2D eigenvalue weighted by molar-refractivity contribution is 6.43. The van der Waals surface area contributed by atoms with E-state index in [0.717, 1.165) is 38.2 Å². The van der Waals surface area contributed by atoms with E-state index in [2.05, 4.69) is 36.1 Å². The lowest BCUT2D eigenvalue weighted by atomic mass is 9.95. The van der Waals surface area contributed by atoms with Crippen LogP contribution >= 0.6 is 0 Å². The Morgan fingerprint density at radius 2 is 1.96 bits per heavy atom. The summed E-state index contributed by atoms with van der Waals surface area (Å²) in [5.74, 6) is -0.987. The van der Waals surface area contributed by atoms with Crippen molar-refractivity contribution in [1.29, 1.82) is 5.41 Å². The molecule has 1 aliphatic rings. The maximum Gasteiger partial charge on any atom is 0.330 e. The summed E-state index contributed by atoms with van der Waals surface area (Å²) in [5.41, 5.74) is 3.99. The van der Waals surface area contributed by atoms with Gasteiger partial charge in [0.05, 0.1) is 12.3 Å². The van der Waals surface area contributed by atoms with Crippen LogP contribution in [0.15, 0.2) is 53.6 Å². The molecule has 0 aliphatic carbocycles. The van der Waals surface area contributed by atoms with E-state index in [4.69, 9.17) is 10.1 Å². The summed E-state index contributed by atoms with van der Waals surface area (Å²) < 4.78 is 4.74. The van der Waals surface area contributed by atoms with Crippen LogP contribution in [-0.4, -0.2) is 42.1 Å². The minimum absolute atomic E-state index is 0.0241. The third kappa shape index (κ3) is 6.94. The minimum Gasteiger partial charge on any atom is -0.463 e. The molecule has 0 radical (unpaired) electrons. The number of hydrogen-bond donors (Lipinski definition) is 1. The highest BCUT2D eigenvalue weighted by Crippen LogP contribution is 2.23. The van der Waals surface area contributed by atoms with Crippen molar-refractivity contribution in [2.45, 2.75) is 39.7 Å². The Kier molecular flexibility index (Phi) is 8.14. The van der Waals surface area contributed by atoms with Crippen molar-refractivity contribution < 1.29 is 14.3 Å². The van der Waals surface area contributed by atoms with Crippen molar-refractivity contribution in [3.05, 3.63) is 59.2 Å². The van der Waals surface area contributed by atoms with Crippen LogP contribution in [0.1, 0.15) is 38.7 Å². The van der Waals surface area contributed by atoms with Crippen molar-refractivity contribution in [2.75, 3.05) is 19.7 Å². The third-order valence-corrected chi connectivity index (χ3v) is 4.70. The normalized spacial score (nSPS) is 15.2. The first kappa shape index (κ1) is 20.8. The van der Waals surface area contributed by atoms with E-state index < -0.39 is 11.8 Å². The fourth-order valence-corrected chi connectivity index (χ4v) is 3.09. The molecule has 0 bridgehead atoms. The summed E-state index contributed by atoms with van der Waals surface area (Å²) in [6, 6.07) is 10.4. The first-order valence-electron chi connectivity index (χ1n) is 9.40. The molecule has 27 heavy (non-hydrogen) atoms. The highest BCUT2D eigenvalue weighted by Gasteiger charge is 2.18. The average Bonchev–Trinajstić information content (AvgIpc) is 2.67. The Balaban J connectivity index is 1.85. The van der Waals surface area contributed by atoms with Gasteiger partial charge in [-0.3, -0.25) is 9.69 Å². The van der Waals surface area contributed by atoms with Crippen LogP contribution in [0.25, 0.3) is 0 Å². The number of ketones is 1. The van der Waals surface area contributed by atoms with Crippen molar-refractivity contribution in [1.82, 2.24) is 4.90 Å².